The molecule has 1 saturated carbocycles. The van der Waals surface area contributed by atoms with Crippen LogP contribution in [0.5, 0.6) is 0 Å². The molecule has 14 heavy (non-hydrogen) atoms. The van der Waals surface area contributed by atoms with Gasteiger partial charge in [-0.1, -0.05) is 12.8 Å². The molecule has 0 spiro atoms. The van der Waals surface area contributed by atoms with E-state index in [1.165, 1.54) is 25.7 Å². The van der Waals surface area contributed by atoms with Crippen LogP contribution in [0.15, 0.2) is 0 Å². The van der Waals surface area contributed by atoms with Crippen LogP contribution in [0.4, 0.5) is 0 Å². The van der Waals surface area contributed by atoms with Crippen molar-refractivity contribution in [1.82, 2.24) is 5.32 Å². The van der Waals surface area contributed by atoms with E-state index >= 15 is 0 Å². The summed E-state index contributed by atoms with van der Waals surface area (Å²) >= 11 is 0. The predicted octanol–water partition coefficient (Wildman–Crippen LogP) is 1.02. The molecule has 82 valence electrons. The van der Waals surface area contributed by atoms with E-state index in [2.05, 4.69) is 12.2 Å². The summed E-state index contributed by atoms with van der Waals surface area (Å²) in [6.45, 7) is 3.91. The Bertz CT molecular complexity index is 190. The fourth-order valence-electron chi connectivity index (χ4n) is 2.69. The summed E-state index contributed by atoms with van der Waals surface area (Å²) in [6, 6.07) is 0.646. The first-order chi connectivity index (χ1) is 6.70. The Morgan fingerprint density at radius 1 is 1.36 bits per heavy atom. The average Bonchev–Trinajstić information content (AvgIpc) is 2.57. The number of rotatable bonds is 2. The van der Waals surface area contributed by atoms with Crippen LogP contribution in [0.25, 0.3) is 0 Å². The monoisotopic (exact) mass is 198 g/mol. The van der Waals surface area contributed by atoms with E-state index in [0.717, 1.165) is 13.0 Å². The molecule has 0 aromatic carbocycles. The van der Waals surface area contributed by atoms with Gasteiger partial charge < -0.3 is 15.8 Å². The second-order valence-corrected chi connectivity index (χ2v) is 5.05. The molecule has 0 aromatic rings. The third-order valence-electron chi connectivity index (χ3n) is 3.64. The smallest absolute Gasteiger partial charge is 0.0632 e. The fourth-order valence-corrected chi connectivity index (χ4v) is 2.69. The maximum Gasteiger partial charge on any atom is 0.0632 e. The highest BCUT2D eigenvalue weighted by Crippen LogP contribution is 2.30. The van der Waals surface area contributed by atoms with Crippen LogP contribution in [0.1, 0.15) is 39.0 Å². The molecule has 2 atom stereocenters. The van der Waals surface area contributed by atoms with Crippen LogP contribution >= 0.6 is 0 Å². The van der Waals surface area contributed by atoms with E-state index in [1.54, 1.807) is 0 Å². The van der Waals surface area contributed by atoms with Crippen molar-refractivity contribution in [3.63, 3.8) is 0 Å². The van der Waals surface area contributed by atoms with Crippen molar-refractivity contribution >= 4 is 0 Å². The summed E-state index contributed by atoms with van der Waals surface area (Å²) in [4.78, 5) is 0. The fraction of sp³-hybridized carbons (Fsp3) is 1.00. The van der Waals surface area contributed by atoms with Gasteiger partial charge in [0.2, 0.25) is 0 Å². The Hall–Kier alpha value is -0.120. The first-order valence-corrected chi connectivity index (χ1v) is 5.81. The van der Waals surface area contributed by atoms with Gasteiger partial charge in [-0.3, -0.25) is 0 Å². The second kappa shape index (κ2) is 4.17. The Kier molecular flexibility index (Phi) is 3.10. The van der Waals surface area contributed by atoms with Gasteiger partial charge in [0.1, 0.15) is 0 Å². The molecule has 3 heteroatoms. The molecule has 2 unspecified atom stereocenters. The van der Waals surface area contributed by atoms with Gasteiger partial charge in [-0.2, -0.15) is 0 Å². The Balaban J connectivity index is 1.88. The van der Waals surface area contributed by atoms with Gasteiger partial charge in [0, 0.05) is 24.2 Å². The lowest BCUT2D eigenvalue weighted by molar-refractivity contribution is 0.0531. The molecule has 3 N–H and O–H groups in total. The molecule has 2 aliphatic rings. The van der Waals surface area contributed by atoms with Crippen molar-refractivity contribution in [3.8, 4) is 0 Å². The second-order valence-electron chi connectivity index (χ2n) is 5.05. The molecule has 3 nitrogen and oxygen atoms in total. The maximum atomic E-state index is 6.03. The molecule has 1 heterocycles. The van der Waals surface area contributed by atoms with Crippen molar-refractivity contribution in [2.45, 2.75) is 56.7 Å². The molecule has 1 aliphatic carbocycles. The van der Waals surface area contributed by atoms with E-state index in [4.69, 9.17) is 10.5 Å². The first-order valence-electron chi connectivity index (χ1n) is 5.81. The van der Waals surface area contributed by atoms with Crippen LogP contribution in [0, 0.1) is 0 Å². The van der Waals surface area contributed by atoms with E-state index < -0.39 is 0 Å². The molecule has 0 radical (unpaired) electrons. The summed E-state index contributed by atoms with van der Waals surface area (Å²) in [5.74, 6) is 0. The Morgan fingerprint density at radius 2 is 2.07 bits per heavy atom. The molecular formula is C11H22N2O. The maximum absolute atomic E-state index is 6.03. The van der Waals surface area contributed by atoms with E-state index in [9.17, 15) is 0 Å². The molecule has 1 saturated heterocycles. The average molecular weight is 198 g/mol. The Morgan fingerprint density at radius 3 is 2.71 bits per heavy atom. The molecule has 2 rings (SSSR count). The molecule has 1 aliphatic heterocycles. The lowest BCUT2D eigenvalue weighted by Gasteiger charge is -2.37. The summed E-state index contributed by atoms with van der Waals surface area (Å²) < 4.78 is 5.34. The van der Waals surface area contributed by atoms with Gasteiger partial charge in [0.25, 0.3) is 0 Å². The zero-order valence-electron chi connectivity index (χ0n) is 9.09. The summed E-state index contributed by atoms with van der Waals surface area (Å²) in [5.41, 5.74) is 6.38. The minimum Gasteiger partial charge on any atom is -0.380 e. The highest BCUT2D eigenvalue weighted by Gasteiger charge is 2.33. The lowest BCUT2D eigenvalue weighted by atomic mass is 9.95. The molecule has 0 aromatic heterocycles. The number of nitrogens with one attached hydrogen (secondary N) is 1. The predicted molar refractivity (Wildman–Crippen MR) is 57.2 cm³/mol. The van der Waals surface area contributed by atoms with Gasteiger partial charge in [-0.25, -0.2) is 0 Å². The standard InChI is InChI=1S/C11H22N2O/c1-11(5-2-3-6-11)13-10-4-7-14-8-9(10)12/h9-10,13H,2-8,12H2,1H3. The van der Waals surface area contributed by atoms with Crippen molar-refractivity contribution in [2.24, 2.45) is 5.73 Å². The van der Waals surface area contributed by atoms with Gasteiger partial charge in [0.15, 0.2) is 0 Å². The van der Waals surface area contributed by atoms with Crippen LogP contribution in [-0.4, -0.2) is 30.8 Å². The minimum atomic E-state index is 0.182. The number of ether oxygens (including phenoxy) is 1. The Labute approximate surface area is 86.4 Å². The van der Waals surface area contributed by atoms with E-state index in [-0.39, 0.29) is 6.04 Å². The van der Waals surface area contributed by atoms with Crippen LogP contribution in [0.3, 0.4) is 0 Å². The largest absolute Gasteiger partial charge is 0.380 e. The van der Waals surface area contributed by atoms with Crippen molar-refractivity contribution in [2.75, 3.05) is 13.2 Å². The van der Waals surface area contributed by atoms with Gasteiger partial charge in [-0.05, 0) is 26.2 Å². The normalized spacial score (nSPS) is 37.3. The zero-order valence-corrected chi connectivity index (χ0v) is 9.09. The first kappa shape index (κ1) is 10.4. The number of hydrogen-bond acceptors (Lipinski definition) is 3. The highest BCUT2D eigenvalue weighted by atomic mass is 16.5. The van der Waals surface area contributed by atoms with Crippen molar-refractivity contribution < 1.29 is 4.74 Å². The highest BCUT2D eigenvalue weighted by molar-refractivity contribution is 4.94. The number of nitrogens with two attached hydrogens (primary N) is 1. The van der Waals surface area contributed by atoms with Crippen LogP contribution in [-0.2, 0) is 4.74 Å². The van der Waals surface area contributed by atoms with Crippen molar-refractivity contribution in [1.29, 1.82) is 0 Å². The van der Waals surface area contributed by atoms with Gasteiger partial charge in [-0.15, -0.1) is 0 Å². The summed E-state index contributed by atoms with van der Waals surface area (Å²) in [6.07, 6.45) is 6.40. The van der Waals surface area contributed by atoms with Gasteiger partial charge in [0.05, 0.1) is 6.61 Å². The zero-order chi connectivity index (χ0) is 10.0. The topological polar surface area (TPSA) is 47.3 Å². The lowest BCUT2D eigenvalue weighted by Crippen LogP contribution is -2.57. The molecule has 0 bridgehead atoms. The third-order valence-corrected chi connectivity index (χ3v) is 3.64. The van der Waals surface area contributed by atoms with Crippen LogP contribution in [0.2, 0.25) is 0 Å². The quantitative estimate of drug-likeness (QED) is 0.696. The minimum absolute atomic E-state index is 0.182. The summed E-state index contributed by atoms with van der Waals surface area (Å²) in [5, 5.41) is 3.74. The summed E-state index contributed by atoms with van der Waals surface area (Å²) in [7, 11) is 0. The van der Waals surface area contributed by atoms with Gasteiger partial charge >= 0.3 is 0 Å². The molecular weight excluding hydrogens is 176 g/mol. The molecule has 0 amide bonds. The number of hydrogen-bond donors (Lipinski definition) is 2. The SMILES string of the molecule is CC1(NC2CCOCC2N)CCCC1. The van der Waals surface area contributed by atoms with E-state index in [1.807, 2.05) is 0 Å². The molecule has 2 fully saturated rings. The van der Waals surface area contributed by atoms with Crippen molar-refractivity contribution in [3.05, 3.63) is 0 Å². The third kappa shape index (κ3) is 2.27. The van der Waals surface area contributed by atoms with Crippen LogP contribution < -0.4 is 11.1 Å². The van der Waals surface area contributed by atoms with E-state index in [0.29, 0.717) is 18.2 Å².